The van der Waals surface area contributed by atoms with Crippen LogP contribution >= 0.6 is 0 Å². The molecule has 0 aromatic heterocycles. The molecule has 0 saturated carbocycles. The highest BCUT2D eigenvalue weighted by molar-refractivity contribution is 5.92. The number of amides is 1. The second-order valence-corrected chi connectivity index (χ2v) is 5.64. The Labute approximate surface area is 103 Å². The molecule has 5 heteroatoms. The van der Waals surface area contributed by atoms with Crippen molar-refractivity contribution in [3.8, 4) is 0 Å². The van der Waals surface area contributed by atoms with Crippen molar-refractivity contribution in [1.29, 1.82) is 0 Å². The van der Waals surface area contributed by atoms with E-state index in [1.165, 1.54) is 6.92 Å². The van der Waals surface area contributed by atoms with Crippen molar-refractivity contribution in [2.75, 3.05) is 6.61 Å². The summed E-state index contributed by atoms with van der Waals surface area (Å²) in [6, 6.07) is 0. The minimum atomic E-state index is -1.30. The van der Waals surface area contributed by atoms with Crippen LogP contribution in [0.4, 0.5) is 4.79 Å². The van der Waals surface area contributed by atoms with E-state index in [2.05, 4.69) is 5.32 Å². The Kier molecular flexibility index (Phi) is 5.13. The first-order valence-corrected chi connectivity index (χ1v) is 5.68. The number of aliphatic hydroxyl groups is 1. The standard InChI is InChI=1S/C12H23NO4/c1-8(2)9(15)12(6,7-14)13-10(16)17-11(3,4)5/h8,14H,7H2,1-6H3,(H,13,16)/t12-/m0/s1. The molecule has 0 fully saturated rings. The molecule has 5 nitrogen and oxygen atoms in total. The smallest absolute Gasteiger partial charge is 0.408 e. The quantitative estimate of drug-likeness (QED) is 0.786. The number of rotatable bonds is 4. The van der Waals surface area contributed by atoms with Gasteiger partial charge in [-0.05, 0) is 27.7 Å². The van der Waals surface area contributed by atoms with Gasteiger partial charge >= 0.3 is 6.09 Å². The molecule has 2 N–H and O–H groups in total. The molecular formula is C12H23NO4. The van der Waals surface area contributed by atoms with Crippen molar-refractivity contribution < 1.29 is 19.4 Å². The lowest BCUT2D eigenvalue weighted by atomic mass is 9.90. The molecule has 0 radical (unpaired) electrons. The average Bonchev–Trinajstić information content (AvgIpc) is 2.12. The summed E-state index contributed by atoms with van der Waals surface area (Å²) in [6.07, 6.45) is -0.706. The van der Waals surface area contributed by atoms with E-state index in [0.29, 0.717) is 0 Å². The fraction of sp³-hybridized carbons (Fsp3) is 0.833. The summed E-state index contributed by atoms with van der Waals surface area (Å²) >= 11 is 0. The first-order chi connectivity index (χ1) is 7.52. The largest absolute Gasteiger partial charge is 0.444 e. The van der Waals surface area contributed by atoms with E-state index in [9.17, 15) is 14.7 Å². The number of carbonyl (C=O) groups is 2. The normalized spacial score (nSPS) is 15.3. The van der Waals surface area contributed by atoms with Crippen LogP contribution in [0.3, 0.4) is 0 Å². The van der Waals surface area contributed by atoms with Gasteiger partial charge in [0.1, 0.15) is 11.1 Å². The topological polar surface area (TPSA) is 75.6 Å². The van der Waals surface area contributed by atoms with Crippen LogP contribution in [0.2, 0.25) is 0 Å². The Morgan fingerprint density at radius 3 is 2.00 bits per heavy atom. The van der Waals surface area contributed by atoms with Crippen LogP contribution in [0.25, 0.3) is 0 Å². The van der Waals surface area contributed by atoms with E-state index in [1.54, 1.807) is 34.6 Å². The Balaban J connectivity index is 4.70. The number of aliphatic hydroxyl groups excluding tert-OH is 1. The van der Waals surface area contributed by atoms with E-state index in [0.717, 1.165) is 0 Å². The molecule has 0 aromatic rings. The van der Waals surface area contributed by atoms with Crippen LogP contribution in [0.15, 0.2) is 0 Å². The maximum absolute atomic E-state index is 11.9. The van der Waals surface area contributed by atoms with Crippen LogP contribution in [0.1, 0.15) is 41.5 Å². The number of ketones is 1. The SMILES string of the molecule is CC(C)C(=O)[C@](C)(CO)NC(=O)OC(C)(C)C. The zero-order valence-corrected chi connectivity index (χ0v) is 11.5. The van der Waals surface area contributed by atoms with Crippen LogP contribution in [0.5, 0.6) is 0 Å². The number of Topliss-reactive ketones (excluding diaryl/α,β-unsaturated/α-hetero) is 1. The molecule has 0 bridgehead atoms. The van der Waals surface area contributed by atoms with Gasteiger partial charge in [0.05, 0.1) is 6.61 Å². The van der Waals surface area contributed by atoms with Crippen molar-refractivity contribution >= 4 is 11.9 Å². The summed E-state index contributed by atoms with van der Waals surface area (Å²) in [4.78, 5) is 23.4. The molecule has 0 aliphatic heterocycles. The molecule has 0 aromatic carbocycles. The molecule has 1 atom stereocenters. The third kappa shape index (κ3) is 5.17. The van der Waals surface area contributed by atoms with Gasteiger partial charge in [-0.2, -0.15) is 0 Å². The highest BCUT2D eigenvalue weighted by Crippen LogP contribution is 2.14. The zero-order valence-electron chi connectivity index (χ0n) is 11.5. The van der Waals surface area contributed by atoms with Gasteiger partial charge in [-0.3, -0.25) is 4.79 Å². The monoisotopic (exact) mass is 245 g/mol. The van der Waals surface area contributed by atoms with Gasteiger partial charge in [0, 0.05) is 5.92 Å². The van der Waals surface area contributed by atoms with Crippen molar-refractivity contribution in [3.05, 3.63) is 0 Å². The van der Waals surface area contributed by atoms with Gasteiger partial charge < -0.3 is 15.2 Å². The molecule has 0 aliphatic rings. The zero-order chi connectivity index (χ0) is 13.9. The number of hydrogen-bond acceptors (Lipinski definition) is 4. The summed E-state index contributed by atoms with van der Waals surface area (Å²) in [5.41, 5.74) is -1.93. The van der Waals surface area contributed by atoms with Gasteiger partial charge in [-0.15, -0.1) is 0 Å². The minimum absolute atomic E-state index is 0.231. The molecule has 1 amide bonds. The number of carbonyl (C=O) groups excluding carboxylic acids is 2. The van der Waals surface area contributed by atoms with Gasteiger partial charge in [0.2, 0.25) is 0 Å². The van der Waals surface area contributed by atoms with Crippen molar-refractivity contribution in [1.82, 2.24) is 5.32 Å². The molecular weight excluding hydrogens is 222 g/mol. The molecule has 100 valence electrons. The Bertz CT molecular complexity index is 293. The fourth-order valence-electron chi connectivity index (χ4n) is 1.35. The lowest BCUT2D eigenvalue weighted by molar-refractivity contribution is -0.129. The average molecular weight is 245 g/mol. The Morgan fingerprint density at radius 2 is 1.71 bits per heavy atom. The molecule has 0 spiro atoms. The van der Waals surface area contributed by atoms with Crippen molar-refractivity contribution in [2.24, 2.45) is 5.92 Å². The van der Waals surface area contributed by atoms with E-state index in [1.807, 2.05) is 0 Å². The second-order valence-electron chi connectivity index (χ2n) is 5.64. The highest BCUT2D eigenvalue weighted by atomic mass is 16.6. The van der Waals surface area contributed by atoms with Crippen LogP contribution in [0, 0.1) is 5.92 Å². The lowest BCUT2D eigenvalue weighted by Crippen LogP contribution is -2.57. The molecule has 0 aliphatic carbocycles. The maximum Gasteiger partial charge on any atom is 0.408 e. The summed E-state index contributed by atoms with van der Waals surface area (Å²) in [5, 5.41) is 11.7. The summed E-state index contributed by atoms with van der Waals surface area (Å²) in [5.74, 6) is -0.507. The first-order valence-electron chi connectivity index (χ1n) is 5.68. The minimum Gasteiger partial charge on any atom is -0.444 e. The molecule has 0 heterocycles. The summed E-state index contributed by atoms with van der Waals surface area (Å²) < 4.78 is 5.05. The van der Waals surface area contributed by atoms with Gasteiger partial charge in [0.25, 0.3) is 0 Å². The molecule has 0 unspecified atom stereocenters. The van der Waals surface area contributed by atoms with Crippen molar-refractivity contribution in [3.63, 3.8) is 0 Å². The van der Waals surface area contributed by atoms with Crippen molar-refractivity contribution in [2.45, 2.75) is 52.7 Å². The van der Waals surface area contributed by atoms with E-state index in [-0.39, 0.29) is 11.7 Å². The lowest BCUT2D eigenvalue weighted by Gasteiger charge is -2.30. The van der Waals surface area contributed by atoms with Crippen LogP contribution < -0.4 is 5.32 Å². The summed E-state index contributed by atoms with van der Waals surface area (Å²) in [7, 11) is 0. The Morgan fingerprint density at radius 1 is 1.24 bits per heavy atom. The number of nitrogens with one attached hydrogen (secondary N) is 1. The predicted molar refractivity (Wildman–Crippen MR) is 64.7 cm³/mol. The fourth-order valence-corrected chi connectivity index (χ4v) is 1.35. The third-order valence-corrected chi connectivity index (χ3v) is 2.16. The first kappa shape index (κ1) is 15.9. The number of ether oxygens (including phenoxy) is 1. The Hall–Kier alpha value is -1.10. The molecule has 0 saturated heterocycles. The number of hydrogen-bond donors (Lipinski definition) is 2. The maximum atomic E-state index is 11.9. The van der Waals surface area contributed by atoms with Crippen LogP contribution in [-0.4, -0.2) is 34.7 Å². The van der Waals surface area contributed by atoms with E-state index in [4.69, 9.17) is 4.74 Å². The van der Waals surface area contributed by atoms with Gasteiger partial charge in [0.15, 0.2) is 5.78 Å². The van der Waals surface area contributed by atoms with Gasteiger partial charge in [-0.1, -0.05) is 13.8 Å². The van der Waals surface area contributed by atoms with Gasteiger partial charge in [-0.25, -0.2) is 4.79 Å². The summed E-state index contributed by atoms with van der Waals surface area (Å²) in [6.45, 7) is 9.65. The highest BCUT2D eigenvalue weighted by Gasteiger charge is 2.36. The molecule has 17 heavy (non-hydrogen) atoms. The third-order valence-electron chi connectivity index (χ3n) is 2.16. The van der Waals surface area contributed by atoms with Crippen LogP contribution in [-0.2, 0) is 9.53 Å². The van der Waals surface area contributed by atoms with E-state index >= 15 is 0 Å². The second kappa shape index (κ2) is 5.49. The predicted octanol–water partition coefficient (Wildman–Crippen LogP) is 1.49. The van der Waals surface area contributed by atoms with E-state index < -0.39 is 23.8 Å². The number of alkyl carbamates (subject to hydrolysis) is 1. The molecule has 0 rings (SSSR count).